The summed E-state index contributed by atoms with van der Waals surface area (Å²) in [6.07, 6.45) is 1.02. The quantitative estimate of drug-likeness (QED) is 0.828. The van der Waals surface area contributed by atoms with Crippen LogP contribution in [-0.4, -0.2) is 23.9 Å². The molecular formula is C16H26N2O. The molecule has 3 heteroatoms. The smallest absolute Gasteiger partial charge is 0.229 e. The summed E-state index contributed by atoms with van der Waals surface area (Å²) in [6.45, 7) is 8.39. The van der Waals surface area contributed by atoms with E-state index in [1.54, 1.807) is 0 Å². The van der Waals surface area contributed by atoms with Crippen LogP contribution in [0.2, 0.25) is 0 Å². The summed E-state index contributed by atoms with van der Waals surface area (Å²) in [5.74, 6) is 0.592. The highest BCUT2D eigenvalue weighted by molar-refractivity contribution is 5.83. The number of carbonyl (C=O) groups excluding carboxylic acids is 1. The average Bonchev–Trinajstić information content (AvgIpc) is 2.35. The zero-order valence-electron chi connectivity index (χ0n) is 12.7. The van der Waals surface area contributed by atoms with Gasteiger partial charge in [0.2, 0.25) is 5.91 Å². The summed E-state index contributed by atoms with van der Waals surface area (Å²) in [6, 6.07) is 7.83. The number of carbonyl (C=O) groups is 1. The highest BCUT2D eigenvalue weighted by Crippen LogP contribution is 2.21. The molecule has 0 radical (unpaired) electrons. The fourth-order valence-corrected chi connectivity index (χ4v) is 2.33. The Bertz CT molecular complexity index is 429. The van der Waals surface area contributed by atoms with E-state index in [9.17, 15) is 4.79 Å². The molecule has 1 aromatic carbocycles. The van der Waals surface area contributed by atoms with E-state index in [-0.39, 0.29) is 17.9 Å². The van der Waals surface area contributed by atoms with Gasteiger partial charge in [0.25, 0.3) is 0 Å². The summed E-state index contributed by atoms with van der Waals surface area (Å²) >= 11 is 0. The van der Waals surface area contributed by atoms with Crippen LogP contribution < -0.4 is 5.73 Å². The number of nitrogen functional groups attached to an aromatic ring is 1. The highest BCUT2D eigenvalue weighted by Gasteiger charge is 2.23. The van der Waals surface area contributed by atoms with Gasteiger partial charge in [-0.1, -0.05) is 26.0 Å². The molecule has 3 nitrogen and oxygen atoms in total. The summed E-state index contributed by atoms with van der Waals surface area (Å²) in [7, 11) is 1.89. The first kappa shape index (κ1) is 15.5. The van der Waals surface area contributed by atoms with Crippen molar-refractivity contribution in [2.45, 2.75) is 46.1 Å². The number of rotatable bonds is 5. The lowest BCUT2D eigenvalue weighted by atomic mass is 9.97. The number of benzene rings is 1. The van der Waals surface area contributed by atoms with E-state index >= 15 is 0 Å². The monoisotopic (exact) mass is 262 g/mol. The first-order valence-corrected chi connectivity index (χ1v) is 6.95. The van der Waals surface area contributed by atoms with Crippen molar-refractivity contribution in [3.63, 3.8) is 0 Å². The maximum Gasteiger partial charge on any atom is 0.229 e. The topological polar surface area (TPSA) is 46.3 Å². The lowest BCUT2D eigenvalue weighted by Crippen LogP contribution is -2.38. The van der Waals surface area contributed by atoms with Gasteiger partial charge in [-0.25, -0.2) is 0 Å². The van der Waals surface area contributed by atoms with Crippen molar-refractivity contribution in [2.24, 2.45) is 5.92 Å². The minimum Gasteiger partial charge on any atom is -0.399 e. The second-order valence-corrected chi connectivity index (χ2v) is 5.82. The Hall–Kier alpha value is -1.51. The molecular weight excluding hydrogens is 236 g/mol. The van der Waals surface area contributed by atoms with Crippen LogP contribution in [0.4, 0.5) is 5.69 Å². The van der Waals surface area contributed by atoms with Crippen molar-refractivity contribution in [1.29, 1.82) is 0 Å². The van der Waals surface area contributed by atoms with Gasteiger partial charge in [0.15, 0.2) is 0 Å². The Morgan fingerprint density at radius 2 is 1.89 bits per heavy atom. The lowest BCUT2D eigenvalue weighted by Gasteiger charge is -2.29. The standard InChI is InChI=1S/C16H26N2O/c1-11(2)9-12(3)18(5)16(19)13(4)14-7-6-8-15(17)10-14/h6-8,10-13H,9,17H2,1-5H3. The van der Waals surface area contributed by atoms with Crippen LogP contribution in [-0.2, 0) is 4.79 Å². The van der Waals surface area contributed by atoms with Crippen molar-refractivity contribution in [2.75, 3.05) is 12.8 Å². The molecule has 2 unspecified atom stereocenters. The van der Waals surface area contributed by atoms with Gasteiger partial charge in [0, 0.05) is 18.8 Å². The maximum absolute atomic E-state index is 12.5. The maximum atomic E-state index is 12.5. The van der Waals surface area contributed by atoms with Crippen LogP contribution in [0, 0.1) is 5.92 Å². The number of hydrogen-bond acceptors (Lipinski definition) is 2. The molecule has 106 valence electrons. The first-order chi connectivity index (χ1) is 8.82. The van der Waals surface area contributed by atoms with E-state index in [0.717, 1.165) is 12.0 Å². The predicted octanol–water partition coefficient (Wildman–Crippen LogP) is 3.27. The van der Waals surface area contributed by atoms with E-state index in [1.807, 2.05) is 43.1 Å². The summed E-state index contributed by atoms with van der Waals surface area (Å²) in [4.78, 5) is 14.3. The molecule has 0 saturated heterocycles. The molecule has 0 saturated carbocycles. The molecule has 0 bridgehead atoms. The number of anilines is 1. The predicted molar refractivity (Wildman–Crippen MR) is 81.0 cm³/mol. The minimum atomic E-state index is -0.150. The third kappa shape index (κ3) is 4.27. The van der Waals surface area contributed by atoms with Gasteiger partial charge >= 0.3 is 0 Å². The van der Waals surface area contributed by atoms with Crippen LogP contribution in [0.25, 0.3) is 0 Å². The summed E-state index contributed by atoms with van der Waals surface area (Å²) in [5, 5.41) is 0. The third-order valence-electron chi connectivity index (χ3n) is 3.60. The first-order valence-electron chi connectivity index (χ1n) is 6.95. The van der Waals surface area contributed by atoms with Gasteiger partial charge in [-0.05, 0) is 43.9 Å². The third-order valence-corrected chi connectivity index (χ3v) is 3.60. The van der Waals surface area contributed by atoms with Crippen molar-refractivity contribution in [3.05, 3.63) is 29.8 Å². The van der Waals surface area contributed by atoms with E-state index < -0.39 is 0 Å². The Kier molecular flexibility index (Phi) is 5.40. The van der Waals surface area contributed by atoms with Gasteiger partial charge < -0.3 is 10.6 Å². The minimum absolute atomic E-state index is 0.150. The number of hydrogen-bond donors (Lipinski definition) is 1. The number of nitrogens with two attached hydrogens (primary N) is 1. The molecule has 1 amide bonds. The number of likely N-dealkylation sites (N-methyl/N-ethyl adjacent to an activating group) is 1. The average molecular weight is 262 g/mol. The van der Waals surface area contributed by atoms with Crippen LogP contribution in [0.3, 0.4) is 0 Å². The number of amides is 1. The van der Waals surface area contributed by atoms with E-state index in [1.165, 1.54) is 0 Å². The Labute approximate surface area is 116 Å². The zero-order chi connectivity index (χ0) is 14.6. The van der Waals surface area contributed by atoms with Gasteiger partial charge in [-0.3, -0.25) is 4.79 Å². The highest BCUT2D eigenvalue weighted by atomic mass is 16.2. The Balaban J connectivity index is 2.76. The fourth-order valence-electron chi connectivity index (χ4n) is 2.33. The van der Waals surface area contributed by atoms with Crippen LogP contribution >= 0.6 is 0 Å². The molecule has 0 heterocycles. The molecule has 0 aliphatic rings. The SMILES string of the molecule is CC(C)CC(C)N(C)C(=O)C(C)c1cccc(N)c1. The molecule has 0 aliphatic carbocycles. The molecule has 1 aromatic rings. The van der Waals surface area contributed by atoms with Crippen molar-refractivity contribution in [3.8, 4) is 0 Å². The van der Waals surface area contributed by atoms with Gasteiger partial charge in [-0.15, -0.1) is 0 Å². The van der Waals surface area contributed by atoms with E-state index in [2.05, 4.69) is 20.8 Å². The molecule has 0 aromatic heterocycles. The molecule has 2 atom stereocenters. The fraction of sp³-hybridized carbons (Fsp3) is 0.562. The van der Waals surface area contributed by atoms with E-state index in [4.69, 9.17) is 5.73 Å². The second kappa shape index (κ2) is 6.60. The molecule has 1 rings (SSSR count). The normalized spacial score (nSPS) is 14.2. The van der Waals surface area contributed by atoms with Gasteiger partial charge in [0.05, 0.1) is 5.92 Å². The van der Waals surface area contributed by atoms with Crippen LogP contribution in [0.15, 0.2) is 24.3 Å². The molecule has 0 spiro atoms. The van der Waals surface area contributed by atoms with Gasteiger partial charge in [-0.2, -0.15) is 0 Å². The van der Waals surface area contributed by atoms with Crippen LogP contribution in [0.5, 0.6) is 0 Å². The molecule has 0 aliphatic heterocycles. The largest absolute Gasteiger partial charge is 0.399 e. The zero-order valence-corrected chi connectivity index (χ0v) is 12.7. The Morgan fingerprint density at radius 3 is 2.42 bits per heavy atom. The van der Waals surface area contributed by atoms with Crippen LogP contribution in [0.1, 0.15) is 45.6 Å². The van der Waals surface area contributed by atoms with Crippen molar-refractivity contribution >= 4 is 11.6 Å². The Morgan fingerprint density at radius 1 is 1.26 bits per heavy atom. The van der Waals surface area contributed by atoms with Crippen molar-refractivity contribution < 1.29 is 4.79 Å². The second-order valence-electron chi connectivity index (χ2n) is 5.82. The lowest BCUT2D eigenvalue weighted by molar-refractivity contribution is -0.133. The van der Waals surface area contributed by atoms with E-state index in [0.29, 0.717) is 11.6 Å². The molecule has 2 N–H and O–H groups in total. The number of nitrogens with zero attached hydrogens (tertiary/aromatic N) is 1. The summed E-state index contributed by atoms with van der Waals surface area (Å²) < 4.78 is 0. The van der Waals surface area contributed by atoms with Crippen molar-refractivity contribution in [1.82, 2.24) is 4.90 Å². The molecule has 0 fully saturated rings. The van der Waals surface area contributed by atoms with Gasteiger partial charge in [0.1, 0.15) is 0 Å². The molecule has 19 heavy (non-hydrogen) atoms. The summed E-state index contributed by atoms with van der Waals surface area (Å²) in [5.41, 5.74) is 7.46.